The fourth-order valence-electron chi connectivity index (χ4n) is 0.850. The molecule has 1 rings (SSSR count). The van der Waals surface area contributed by atoms with Gasteiger partial charge in [0.2, 0.25) is 0 Å². The molecule has 0 aliphatic rings. The van der Waals surface area contributed by atoms with Crippen LogP contribution in [0.25, 0.3) is 0 Å². The molecule has 1 aromatic rings. The van der Waals surface area contributed by atoms with E-state index in [1.807, 2.05) is 19.9 Å². The molecule has 0 aliphatic carbocycles. The van der Waals surface area contributed by atoms with Crippen molar-refractivity contribution in [1.29, 1.82) is 0 Å². The van der Waals surface area contributed by atoms with Crippen LogP contribution in [0.4, 0.5) is 0 Å². The van der Waals surface area contributed by atoms with E-state index in [4.69, 9.17) is 9.47 Å². The molecular formula is C13H18O3. The quantitative estimate of drug-likeness (QED) is 0.446. The number of esters is 1. The number of hydrogen-bond acceptors (Lipinski definition) is 3. The summed E-state index contributed by atoms with van der Waals surface area (Å²) in [6.07, 6.45) is 1.13. The molecule has 0 amide bonds. The van der Waals surface area contributed by atoms with Crippen LogP contribution in [0.5, 0.6) is 5.75 Å². The van der Waals surface area contributed by atoms with Crippen LogP contribution in [0.1, 0.15) is 13.8 Å². The minimum atomic E-state index is -0.434. The Bertz CT molecular complexity index is 291. The van der Waals surface area contributed by atoms with Crippen LogP contribution >= 0.6 is 0 Å². The third-order valence-corrected chi connectivity index (χ3v) is 1.54. The van der Waals surface area contributed by atoms with Crippen molar-refractivity contribution in [3.8, 4) is 5.75 Å². The Kier molecular flexibility index (Phi) is 8.93. The van der Waals surface area contributed by atoms with E-state index in [0.717, 1.165) is 19.3 Å². The highest BCUT2D eigenvalue weighted by Crippen LogP contribution is 2.07. The molecule has 0 radical (unpaired) electrons. The fraction of sp³-hybridized carbons (Fsp3) is 0.308. The molecule has 0 N–H and O–H groups in total. The Morgan fingerprint density at radius 1 is 1.25 bits per heavy atom. The Hall–Kier alpha value is -1.61. The summed E-state index contributed by atoms with van der Waals surface area (Å²) in [7, 11) is 0. The second-order valence-corrected chi connectivity index (χ2v) is 2.72. The number of carbonyl (C=O) groups is 1. The summed E-state index contributed by atoms with van der Waals surface area (Å²) < 4.78 is 9.64. The standard InChI is InChI=1S/C9H8O2.C4H10O/c1-2-9(10)11-8-6-4-3-5-7-8;1-3-5-4-2/h2-7H,1H2;3-4H2,1-2H3. The number of carbonyl (C=O) groups excluding carboxylic acids is 1. The number of para-hydroxylation sites is 1. The van der Waals surface area contributed by atoms with Crippen LogP contribution in [0.3, 0.4) is 0 Å². The minimum absolute atomic E-state index is 0.434. The number of hydrogen-bond donors (Lipinski definition) is 0. The van der Waals surface area contributed by atoms with Gasteiger partial charge in [-0.25, -0.2) is 4.79 Å². The van der Waals surface area contributed by atoms with Gasteiger partial charge in [0.1, 0.15) is 5.75 Å². The smallest absolute Gasteiger partial charge is 0.335 e. The van der Waals surface area contributed by atoms with Gasteiger partial charge in [-0.2, -0.15) is 0 Å². The predicted octanol–water partition coefficient (Wildman–Crippen LogP) is 2.82. The number of benzene rings is 1. The molecule has 0 spiro atoms. The maximum atomic E-state index is 10.6. The van der Waals surface area contributed by atoms with Crippen molar-refractivity contribution in [2.45, 2.75) is 13.8 Å². The first-order valence-electron chi connectivity index (χ1n) is 5.21. The van der Waals surface area contributed by atoms with Crippen molar-refractivity contribution in [3.63, 3.8) is 0 Å². The molecule has 0 unspecified atom stereocenters. The Balaban J connectivity index is 0.000000385. The zero-order valence-electron chi connectivity index (χ0n) is 9.81. The first-order valence-corrected chi connectivity index (χ1v) is 5.21. The van der Waals surface area contributed by atoms with Gasteiger partial charge in [-0.05, 0) is 26.0 Å². The predicted molar refractivity (Wildman–Crippen MR) is 64.4 cm³/mol. The zero-order valence-corrected chi connectivity index (χ0v) is 9.81. The average molecular weight is 222 g/mol. The van der Waals surface area contributed by atoms with E-state index in [2.05, 4.69) is 6.58 Å². The van der Waals surface area contributed by atoms with Crippen LogP contribution in [0.2, 0.25) is 0 Å². The van der Waals surface area contributed by atoms with Crippen LogP contribution in [-0.4, -0.2) is 19.2 Å². The van der Waals surface area contributed by atoms with Crippen LogP contribution in [-0.2, 0) is 9.53 Å². The van der Waals surface area contributed by atoms with E-state index in [-0.39, 0.29) is 0 Å². The lowest BCUT2D eigenvalue weighted by Gasteiger charge is -1.98. The molecule has 0 saturated carbocycles. The number of ether oxygens (including phenoxy) is 2. The van der Waals surface area contributed by atoms with Gasteiger partial charge in [-0.1, -0.05) is 24.8 Å². The summed E-state index contributed by atoms with van der Waals surface area (Å²) in [6, 6.07) is 8.87. The first-order chi connectivity index (χ1) is 7.74. The molecule has 0 bridgehead atoms. The lowest BCUT2D eigenvalue weighted by Crippen LogP contribution is -2.02. The van der Waals surface area contributed by atoms with E-state index in [0.29, 0.717) is 5.75 Å². The molecule has 0 saturated heterocycles. The van der Waals surface area contributed by atoms with Gasteiger partial charge in [0, 0.05) is 19.3 Å². The highest BCUT2D eigenvalue weighted by molar-refractivity contribution is 5.83. The molecule has 0 aliphatic heterocycles. The van der Waals surface area contributed by atoms with Gasteiger partial charge in [0.25, 0.3) is 0 Å². The molecule has 0 heterocycles. The lowest BCUT2D eigenvalue weighted by atomic mass is 10.3. The van der Waals surface area contributed by atoms with E-state index in [9.17, 15) is 4.79 Å². The van der Waals surface area contributed by atoms with Crippen LogP contribution in [0.15, 0.2) is 43.0 Å². The van der Waals surface area contributed by atoms with Gasteiger partial charge >= 0.3 is 5.97 Å². The molecule has 3 heteroatoms. The van der Waals surface area contributed by atoms with Crippen LogP contribution < -0.4 is 4.74 Å². The van der Waals surface area contributed by atoms with Crippen molar-refractivity contribution < 1.29 is 14.3 Å². The summed E-state index contributed by atoms with van der Waals surface area (Å²) in [5.74, 6) is 0.105. The third-order valence-electron chi connectivity index (χ3n) is 1.54. The molecule has 88 valence electrons. The highest BCUT2D eigenvalue weighted by Gasteiger charge is 1.95. The summed E-state index contributed by atoms with van der Waals surface area (Å²) in [4.78, 5) is 10.6. The normalized spacial score (nSPS) is 8.62. The van der Waals surface area contributed by atoms with Gasteiger partial charge in [0.15, 0.2) is 0 Å². The second-order valence-electron chi connectivity index (χ2n) is 2.72. The number of rotatable bonds is 4. The highest BCUT2D eigenvalue weighted by atomic mass is 16.5. The molecule has 0 fully saturated rings. The van der Waals surface area contributed by atoms with Gasteiger partial charge in [-0.15, -0.1) is 0 Å². The lowest BCUT2D eigenvalue weighted by molar-refractivity contribution is -0.128. The first kappa shape index (κ1) is 14.4. The fourth-order valence-corrected chi connectivity index (χ4v) is 0.850. The summed E-state index contributed by atoms with van der Waals surface area (Å²) in [5, 5.41) is 0. The summed E-state index contributed by atoms with van der Waals surface area (Å²) >= 11 is 0. The van der Waals surface area contributed by atoms with Crippen molar-refractivity contribution in [2.75, 3.05) is 13.2 Å². The van der Waals surface area contributed by atoms with E-state index in [1.165, 1.54) is 0 Å². The average Bonchev–Trinajstić information content (AvgIpc) is 2.32. The Labute approximate surface area is 96.7 Å². The minimum Gasteiger partial charge on any atom is -0.423 e. The molecular weight excluding hydrogens is 204 g/mol. The molecule has 3 nitrogen and oxygen atoms in total. The van der Waals surface area contributed by atoms with E-state index >= 15 is 0 Å². The van der Waals surface area contributed by atoms with Crippen molar-refractivity contribution in [1.82, 2.24) is 0 Å². The van der Waals surface area contributed by atoms with E-state index < -0.39 is 5.97 Å². The molecule has 0 aromatic heterocycles. The van der Waals surface area contributed by atoms with Crippen molar-refractivity contribution in [2.24, 2.45) is 0 Å². The maximum absolute atomic E-state index is 10.6. The van der Waals surface area contributed by atoms with Gasteiger partial charge < -0.3 is 9.47 Å². The molecule has 0 atom stereocenters. The Morgan fingerprint density at radius 2 is 1.81 bits per heavy atom. The van der Waals surface area contributed by atoms with Crippen LogP contribution in [0, 0.1) is 0 Å². The SMILES string of the molecule is C=CC(=O)Oc1ccccc1.CCOCC. The monoisotopic (exact) mass is 222 g/mol. The second kappa shape index (κ2) is 9.93. The topological polar surface area (TPSA) is 35.5 Å². The third kappa shape index (κ3) is 7.76. The zero-order chi connectivity index (χ0) is 12.2. The maximum Gasteiger partial charge on any atom is 0.335 e. The van der Waals surface area contributed by atoms with Crippen molar-refractivity contribution >= 4 is 5.97 Å². The summed E-state index contributed by atoms with van der Waals surface area (Å²) in [6.45, 7) is 8.95. The van der Waals surface area contributed by atoms with Gasteiger partial charge in [-0.3, -0.25) is 0 Å². The molecule has 1 aromatic carbocycles. The largest absolute Gasteiger partial charge is 0.423 e. The van der Waals surface area contributed by atoms with Gasteiger partial charge in [0.05, 0.1) is 0 Å². The van der Waals surface area contributed by atoms with E-state index in [1.54, 1.807) is 24.3 Å². The van der Waals surface area contributed by atoms with Crippen molar-refractivity contribution in [3.05, 3.63) is 43.0 Å². The Morgan fingerprint density at radius 3 is 2.19 bits per heavy atom. The molecule has 16 heavy (non-hydrogen) atoms. The summed E-state index contributed by atoms with van der Waals surface area (Å²) in [5.41, 5.74) is 0.